The normalized spacial score (nSPS) is 12.3. The minimum Gasteiger partial charge on any atom is -0.457 e. The van der Waals surface area contributed by atoms with Gasteiger partial charge in [-0.25, -0.2) is 16.8 Å². The highest BCUT2D eigenvalue weighted by atomic mass is 32.2. The van der Waals surface area contributed by atoms with Crippen LogP contribution in [0.4, 0.5) is 17.1 Å². The van der Waals surface area contributed by atoms with Gasteiger partial charge in [0.05, 0.1) is 28.7 Å². The number of carbonyl (C=O) groups excluding carboxylic acids is 1. The fourth-order valence-electron chi connectivity index (χ4n) is 3.70. The molecule has 0 aliphatic rings. The predicted octanol–water partition coefficient (Wildman–Crippen LogP) is 4.47. The third kappa shape index (κ3) is 7.12. The van der Waals surface area contributed by atoms with E-state index in [0.29, 0.717) is 22.9 Å². The molecule has 1 heterocycles. The Morgan fingerprint density at radius 3 is 2.05 bits per heavy atom. The second-order valence-corrected chi connectivity index (χ2v) is 12.0. The van der Waals surface area contributed by atoms with Crippen LogP contribution in [0.1, 0.15) is 6.92 Å². The number of aromatic nitrogens is 1. The molecular formula is C27H26N4O6S2. The molecule has 2 N–H and O–H groups in total. The summed E-state index contributed by atoms with van der Waals surface area (Å²) in [6.07, 6.45) is 3.92. The van der Waals surface area contributed by atoms with Gasteiger partial charge < -0.3 is 10.1 Å². The molecule has 1 amide bonds. The minimum atomic E-state index is -3.87. The van der Waals surface area contributed by atoms with E-state index in [4.69, 9.17) is 4.74 Å². The second kappa shape index (κ2) is 11.5. The molecule has 1 unspecified atom stereocenters. The molecule has 0 aliphatic carbocycles. The van der Waals surface area contributed by atoms with E-state index in [9.17, 15) is 21.6 Å². The largest absolute Gasteiger partial charge is 0.457 e. The molecule has 12 heteroatoms. The monoisotopic (exact) mass is 566 g/mol. The van der Waals surface area contributed by atoms with Crippen LogP contribution >= 0.6 is 0 Å². The quantitative estimate of drug-likeness (QED) is 0.289. The molecule has 1 aromatic heterocycles. The highest BCUT2D eigenvalue weighted by Gasteiger charge is 2.29. The lowest BCUT2D eigenvalue weighted by Gasteiger charge is -2.28. The molecule has 4 aromatic rings. The van der Waals surface area contributed by atoms with Crippen molar-refractivity contribution in [3.63, 3.8) is 0 Å². The molecular weight excluding hydrogens is 540 g/mol. The van der Waals surface area contributed by atoms with Crippen LogP contribution in [0.15, 0.2) is 108 Å². The Labute approximate surface area is 227 Å². The van der Waals surface area contributed by atoms with Gasteiger partial charge in [0.1, 0.15) is 17.5 Å². The first-order valence-electron chi connectivity index (χ1n) is 11.7. The third-order valence-corrected chi connectivity index (χ3v) is 8.14. The number of amides is 1. The lowest BCUT2D eigenvalue weighted by Crippen LogP contribution is -2.45. The number of hydrogen-bond donors (Lipinski definition) is 2. The fraction of sp³-hybridized carbons (Fsp3) is 0.111. The van der Waals surface area contributed by atoms with Crippen LogP contribution in [0.3, 0.4) is 0 Å². The maximum Gasteiger partial charge on any atom is 0.261 e. The molecule has 0 fully saturated rings. The average Bonchev–Trinajstić information content (AvgIpc) is 2.90. The van der Waals surface area contributed by atoms with Gasteiger partial charge in [-0.2, -0.15) is 0 Å². The number of sulfonamides is 2. The number of rotatable bonds is 10. The number of pyridine rings is 1. The maximum atomic E-state index is 13.0. The van der Waals surface area contributed by atoms with E-state index < -0.39 is 32.0 Å². The SMILES string of the molecule is CC(C(=O)Nc1ccc(S(=O)(=O)Nc2cccnc2)cc1)N(c1ccc(Oc2ccccc2)cc1)S(C)(=O)=O. The van der Waals surface area contributed by atoms with Gasteiger partial charge in [-0.15, -0.1) is 0 Å². The summed E-state index contributed by atoms with van der Waals surface area (Å²) in [7, 11) is -7.71. The first-order chi connectivity index (χ1) is 18.5. The zero-order chi connectivity index (χ0) is 28.0. The topological polar surface area (TPSA) is 135 Å². The van der Waals surface area contributed by atoms with E-state index in [0.717, 1.165) is 10.6 Å². The summed E-state index contributed by atoms with van der Waals surface area (Å²) in [5, 5.41) is 2.64. The summed E-state index contributed by atoms with van der Waals surface area (Å²) in [6, 6.07) is 23.0. The average molecular weight is 567 g/mol. The Morgan fingerprint density at radius 1 is 0.821 bits per heavy atom. The van der Waals surface area contributed by atoms with Crippen LogP contribution in [0.2, 0.25) is 0 Å². The number of para-hydroxylation sites is 1. The standard InChI is InChI=1S/C27H26N4O6S2/c1-20(31(38(2,33)34)23-12-14-25(15-13-23)37-24-8-4-3-5-9-24)27(32)29-21-10-16-26(17-11-21)39(35,36)30-22-7-6-18-28-19-22/h3-20,30H,1-2H3,(H,29,32). The van der Waals surface area contributed by atoms with Crippen molar-refractivity contribution in [1.82, 2.24) is 4.98 Å². The van der Waals surface area contributed by atoms with Crippen molar-refractivity contribution >= 4 is 43.0 Å². The zero-order valence-electron chi connectivity index (χ0n) is 21.1. The van der Waals surface area contributed by atoms with Gasteiger partial charge in [-0.05, 0) is 79.7 Å². The van der Waals surface area contributed by atoms with Crippen molar-refractivity contribution in [1.29, 1.82) is 0 Å². The summed E-state index contributed by atoms with van der Waals surface area (Å²) >= 11 is 0. The molecule has 0 aliphatic heterocycles. The lowest BCUT2D eigenvalue weighted by atomic mass is 10.2. The predicted molar refractivity (Wildman–Crippen MR) is 150 cm³/mol. The summed E-state index contributed by atoms with van der Waals surface area (Å²) in [5.41, 5.74) is 0.889. The molecule has 10 nitrogen and oxygen atoms in total. The minimum absolute atomic E-state index is 0.0204. The Kier molecular flexibility index (Phi) is 8.17. The van der Waals surface area contributed by atoms with Crippen molar-refractivity contribution in [2.75, 3.05) is 20.6 Å². The molecule has 202 valence electrons. The molecule has 1 atom stereocenters. The van der Waals surface area contributed by atoms with E-state index in [2.05, 4.69) is 15.0 Å². The van der Waals surface area contributed by atoms with Crippen LogP contribution in [0, 0.1) is 0 Å². The lowest BCUT2D eigenvalue weighted by molar-refractivity contribution is -0.116. The van der Waals surface area contributed by atoms with Crippen LogP contribution in [-0.2, 0) is 24.8 Å². The Morgan fingerprint density at radius 2 is 1.46 bits per heavy atom. The molecule has 0 saturated carbocycles. The number of carbonyl (C=O) groups is 1. The van der Waals surface area contributed by atoms with Gasteiger partial charge in [-0.3, -0.25) is 18.8 Å². The van der Waals surface area contributed by atoms with Crippen LogP contribution in [-0.4, -0.2) is 40.0 Å². The van der Waals surface area contributed by atoms with Gasteiger partial charge in [0.15, 0.2) is 0 Å². The number of benzene rings is 3. The number of nitrogens with zero attached hydrogens (tertiary/aromatic N) is 2. The summed E-state index contributed by atoms with van der Waals surface area (Å²) in [5.74, 6) is 0.530. The van der Waals surface area contributed by atoms with Gasteiger partial charge in [-0.1, -0.05) is 18.2 Å². The Hall–Kier alpha value is -4.42. The number of anilines is 3. The third-order valence-electron chi connectivity index (χ3n) is 5.50. The van der Waals surface area contributed by atoms with Crippen molar-refractivity contribution < 1.29 is 26.4 Å². The molecule has 3 aromatic carbocycles. The Bertz CT molecular complexity index is 1630. The highest BCUT2D eigenvalue weighted by molar-refractivity contribution is 7.92. The summed E-state index contributed by atoms with van der Waals surface area (Å²) in [6.45, 7) is 1.46. The molecule has 39 heavy (non-hydrogen) atoms. The first-order valence-corrected chi connectivity index (χ1v) is 15.0. The molecule has 0 saturated heterocycles. The number of ether oxygens (including phenoxy) is 1. The van der Waals surface area contributed by atoms with Crippen molar-refractivity contribution in [3.8, 4) is 11.5 Å². The number of nitrogens with one attached hydrogen (secondary N) is 2. The van der Waals surface area contributed by atoms with Crippen molar-refractivity contribution in [3.05, 3.63) is 103 Å². The first kappa shape index (κ1) is 27.6. The van der Waals surface area contributed by atoms with Crippen molar-refractivity contribution in [2.24, 2.45) is 0 Å². The highest BCUT2D eigenvalue weighted by Crippen LogP contribution is 2.27. The smallest absolute Gasteiger partial charge is 0.261 e. The van der Waals surface area contributed by atoms with E-state index in [1.165, 1.54) is 43.6 Å². The Balaban J connectivity index is 1.46. The van der Waals surface area contributed by atoms with E-state index in [1.807, 2.05) is 18.2 Å². The molecule has 4 rings (SSSR count). The molecule has 0 bridgehead atoms. The summed E-state index contributed by atoms with van der Waals surface area (Å²) in [4.78, 5) is 16.9. The fourth-order valence-corrected chi connectivity index (χ4v) is 5.91. The number of hydrogen-bond acceptors (Lipinski definition) is 7. The van der Waals surface area contributed by atoms with E-state index >= 15 is 0 Å². The van der Waals surface area contributed by atoms with E-state index in [-0.39, 0.29) is 10.6 Å². The second-order valence-electron chi connectivity index (χ2n) is 8.50. The molecule has 0 radical (unpaired) electrons. The van der Waals surface area contributed by atoms with E-state index in [1.54, 1.807) is 48.5 Å². The van der Waals surface area contributed by atoms with Gasteiger partial charge in [0, 0.05) is 11.9 Å². The van der Waals surface area contributed by atoms with Crippen LogP contribution in [0.5, 0.6) is 11.5 Å². The van der Waals surface area contributed by atoms with Crippen molar-refractivity contribution in [2.45, 2.75) is 17.9 Å². The maximum absolute atomic E-state index is 13.0. The van der Waals surface area contributed by atoms with Gasteiger partial charge in [0.2, 0.25) is 15.9 Å². The zero-order valence-corrected chi connectivity index (χ0v) is 22.7. The molecule has 0 spiro atoms. The van der Waals surface area contributed by atoms with Gasteiger partial charge >= 0.3 is 0 Å². The van der Waals surface area contributed by atoms with Crippen LogP contribution in [0.25, 0.3) is 0 Å². The summed E-state index contributed by atoms with van der Waals surface area (Å²) < 4.78 is 59.7. The van der Waals surface area contributed by atoms with Crippen LogP contribution < -0.4 is 19.1 Å². The van der Waals surface area contributed by atoms with Gasteiger partial charge in [0.25, 0.3) is 10.0 Å².